The van der Waals surface area contributed by atoms with Crippen molar-refractivity contribution in [1.29, 1.82) is 0 Å². The number of halogens is 1. The number of urea groups is 1. The van der Waals surface area contributed by atoms with Gasteiger partial charge in [0.05, 0.1) is 12.4 Å². The second-order valence-electron chi connectivity index (χ2n) is 5.75. The van der Waals surface area contributed by atoms with Crippen molar-refractivity contribution >= 4 is 27.5 Å². The van der Waals surface area contributed by atoms with Gasteiger partial charge in [-0.1, -0.05) is 18.5 Å². The summed E-state index contributed by atoms with van der Waals surface area (Å²) < 4.78 is 29.0. The average Bonchev–Trinajstić information content (AvgIpc) is 2.60. The maximum atomic E-state index is 12.3. The highest BCUT2D eigenvalue weighted by molar-refractivity contribution is 7.92. The van der Waals surface area contributed by atoms with Crippen LogP contribution in [0.5, 0.6) is 5.75 Å². The van der Waals surface area contributed by atoms with Gasteiger partial charge in [-0.15, -0.1) is 0 Å². The summed E-state index contributed by atoms with van der Waals surface area (Å²) in [5.41, 5.74) is 0.793. The molecule has 1 aliphatic rings. The predicted molar refractivity (Wildman–Crippen MR) is 94.3 cm³/mol. The van der Waals surface area contributed by atoms with Crippen LogP contribution in [0, 0.1) is 0 Å². The van der Waals surface area contributed by atoms with E-state index in [-0.39, 0.29) is 17.0 Å². The molecular weight excluding hydrogens is 352 g/mol. The third kappa shape index (κ3) is 4.54. The van der Waals surface area contributed by atoms with E-state index < -0.39 is 9.84 Å². The largest absolute Gasteiger partial charge is 0.496 e. The number of carbonyl (C=O) groups excluding carboxylic acids is 1. The minimum Gasteiger partial charge on any atom is -0.496 e. The Labute approximate surface area is 148 Å². The number of hydrogen-bond acceptors (Lipinski definition) is 4. The molecular formula is C16H23ClN2O4S. The topological polar surface area (TPSA) is 75.7 Å². The van der Waals surface area contributed by atoms with Gasteiger partial charge in [-0.25, -0.2) is 13.2 Å². The Hall–Kier alpha value is -1.47. The Morgan fingerprint density at radius 3 is 2.62 bits per heavy atom. The number of piperidine rings is 1. The number of carbonyl (C=O) groups is 1. The molecule has 1 N–H and O–H groups in total. The molecule has 0 aromatic heterocycles. The summed E-state index contributed by atoms with van der Waals surface area (Å²) in [6.45, 7) is 2.85. The second-order valence-corrected chi connectivity index (χ2v) is 8.76. The van der Waals surface area contributed by atoms with Crippen LogP contribution in [-0.2, 0) is 16.4 Å². The zero-order chi connectivity index (χ0) is 17.7. The Balaban J connectivity index is 1.90. The smallest absolute Gasteiger partial charge is 0.317 e. The van der Waals surface area contributed by atoms with Crippen LogP contribution in [0.4, 0.5) is 4.79 Å². The van der Waals surface area contributed by atoms with Gasteiger partial charge < -0.3 is 15.0 Å². The van der Waals surface area contributed by atoms with Gasteiger partial charge in [-0.05, 0) is 31.0 Å². The molecule has 1 saturated heterocycles. The third-order valence-electron chi connectivity index (χ3n) is 4.31. The number of amides is 2. The van der Waals surface area contributed by atoms with E-state index in [1.54, 1.807) is 37.1 Å². The number of sulfone groups is 1. The summed E-state index contributed by atoms with van der Waals surface area (Å²) in [5.74, 6) is 0.811. The number of likely N-dealkylation sites (tertiary alicyclic amines) is 1. The number of hydrogen-bond donors (Lipinski definition) is 1. The summed E-state index contributed by atoms with van der Waals surface area (Å²) >= 11 is 5.97. The first-order valence-corrected chi connectivity index (χ1v) is 10.0. The van der Waals surface area contributed by atoms with Crippen LogP contribution in [0.15, 0.2) is 18.2 Å². The van der Waals surface area contributed by atoms with Crippen molar-refractivity contribution in [1.82, 2.24) is 10.2 Å². The molecule has 1 aliphatic heterocycles. The molecule has 0 saturated carbocycles. The maximum Gasteiger partial charge on any atom is 0.317 e. The van der Waals surface area contributed by atoms with E-state index in [1.165, 1.54) is 0 Å². The first-order chi connectivity index (χ1) is 11.4. The Morgan fingerprint density at radius 1 is 1.38 bits per heavy atom. The van der Waals surface area contributed by atoms with Gasteiger partial charge in [0.25, 0.3) is 0 Å². The van der Waals surface area contributed by atoms with Gasteiger partial charge in [0, 0.05) is 36.0 Å². The minimum absolute atomic E-state index is 0.151. The van der Waals surface area contributed by atoms with Gasteiger partial charge >= 0.3 is 6.03 Å². The molecule has 1 fully saturated rings. The number of methoxy groups -OCH3 is 1. The second kappa shape index (κ2) is 8.07. The normalized spacial score (nSPS) is 16.0. The van der Waals surface area contributed by atoms with Crippen LogP contribution in [0.25, 0.3) is 0 Å². The Morgan fingerprint density at radius 2 is 2.04 bits per heavy atom. The number of ether oxygens (including phenoxy) is 1. The van der Waals surface area contributed by atoms with Crippen molar-refractivity contribution in [2.24, 2.45) is 0 Å². The van der Waals surface area contributed by atoms with Crippen molar-refractivity contribution in [2.75, 3.05) is 26.0 Å². The van der Waals surface area contributed by atoms with Crippen molar-refractivity contribution in [3.63, 3.8) is 0 Å². The molecule has 134 valence electrons. The van der Waals surface area contributed by atoms with Crippen LogP contribution < -0.4 is 10.1 Å². The lowest BCUT2D eigenvalue weighted by atomic mass is 10.1. The molecule has 0 atom stereocenters. The molecule has 2 amide bonds. The van der Waals surface area contributed by atoms with Crippen molar-refractivity contribution in [3.8, 4) is 5.75 Å². The molecule has 1 aromatic carbocycles. The quantitative estimate of drug-likeness (QED) is 0.858. The fourth-order valence-electron chi connectivity index (χ4n) is 2.82. The van der Waals surface area contributed by atoms with E-state index in [9.17, 15) is 13.2 Å². The van der Waals surface area contributed by atoms with E-state index in [4.69, 9.17) is 16.3 Å². The SMILES string of the molecule is CCS(=O)(=O)C1CCN(C(=O)NCc2cc(Cl)ccc2OC)CC1. The summed E-state index contributed by atoms with van der Waals surface area (Å²) in [5, 5.41) is 3.08. The van der Waals surface area contributed by atoms with Gasteiger partial charge in [-0.2, -0.15) is 0 Å². The lowest BCUT2D eigenvalue weighted by molar-refractivity contribution is 0.186. The van der Waals surface area contributed by atoms with Crippen molar-refractivity contribution in [2.45, 2.75) is 31.6 Å². The molecule has 0 radical (unpaired) electrons. The van der Waals surface area contributed by atoms with E-state index >= 15 is 0 Å². The van der Waals surface area contributed by atoms with Crippen LogP contribution in [-0.4, -0.2) is 50.6 Å². The van der Waals surface area contributed by atoms with Crippen LogP contribution in [0.1, 0.15) is 25.3 Å². The molecule has 6 nitrogen and oxygen atoms in total. The molecule has 8 heteroatoms. The number of nitrogens with one attached hydrogen (secondary N) is 1. The van der Waals surface area contributed by atoms with Crippen LogP contribution >= 0.6 is 11.6 Å². The molecule has 1 aromatic rings. The average molecular weight is 375 g/mol. The first kappa shape index (κ1) is 18.9. The zero-order valence-electron chi connectivity index (χ0n) is 13.9. The zero-order valence-corrected chi connectivity index (χ0v) is 15.5. The Kier molecular flexibility index (Phi) is 6.34. The molecule has 0 bridgehead atoms. The standard InChI is InChI=1S/C16H23ClN2O4S/c1-3-24(21,22)14-6-8-19(9-7-14)16(20)18-11-12-10-13(17)4-5-15(12)23-2/h4-5,10,14H,3,6-9,11H2,1-2H3,(H,18,20). The fourth-order valence-corrected chi connectivity index (χ4v) is 4.42. The lowest BCUT2D eigenvalue weighted by Gasteiger charge is -2.31. The summed E-state index contributed by atoms with van der Waals surface area (Å²) in [6, 6.07) is 5.03. The monoisotopic (exact) mass is 374 g/mol. The highest BCUT2D eigenvalue weighted by atomic mass is 35.5. The highest BCUT2D eigenvalue weighted by Gasteiger charge is 2.30. The maximum absolute atomic E-state index is 12.3. The molecule has 0 aliphatic carbocycles. The summed E-state index contributed by atoms with van der Waals surface area (Å²) in [6.07, 6.45) is 0.980. The van der Waals surface area contributed by atoms with E-state index in [2.05, 4.69) is 5.32 Å². The molecule has 0 spiro atoms. The van der Waals surface area contributed by atoms with Crippen LogP contribution in [0.2, 0.25) is 5.02 Å². The summed E-state index contributed by atoms with van der Waals surface area (Å²) in [4.78, 5) is 13.9. The molecule has 2 rings (SSSR count). The third-order valence-corrected chi connectivity index (χ3v) is 6.84. The molecule has 1 heterocycles. The van der Waals surface area contributed by atoms with Crippen LogP contribution in [0.3, 0.4) is 0 Å². The first-order valence-electron chi connectivity index (χ1n) is 7.94. The minimum atomic E-state index is -3.03. The molecule has 24 heavy (non-hydrogen) atoms. The fraction of sp³-hybridized carbons (Fsp3) is 0.562. The number of rotatable bonds is 5. The van der Waals surface area contributed by atoms with E-state index in [0.29, 0.717) is 43.2 Å². The number of nitrogens with zero attached hydrogens (tertiary/aromatic N) is 1. The Bertz CT molecular complexity index is 685. The van der Waals surface area contributed by atoms with Gasteiger partial charge in [0.2, 0.25) is 0 Å². The number of benzene rings is 1. The predicted octanol–water partition coefficient (Wildman–Crippen LogP) is 2.46. The highest BCUT2D eigenvalue weighted by Crippen LogP contribution is 2.23. The lowest BCUT2D eigenvalue weighted by Crippen LogP contribution is -2.46. The van der Waals surface area contributed by atoms with E-state index in [0.717, 1.165) is 5.56 Å². The summed E-state index contributed by atoms with van der Waals surface area (Å²) in [7, 11) is -1.47. The van der Waals surface area contributed by atoms with Gasteiger partial charge in [0.15, 0.2) is 9.84 Å². The van der Waals surface area contributed by atoms with Gasteiger partial charge in [0.1, 0.15) is 5.75 Å². The van der Waals surface area contributed by atoms with Crippen molar-refractivity contribution in [3.05, 3.63) is 28.8 Å². The van der Waals surface area contributed by atoms with Crippen molar-refractivity contribution < 1.29 is 17.9 Å². The molecule has 0 unspecified atom stereocenters. The van der Waals surface area contributed by atoms with Gasteiger partial charge in [-0.3, -0.25) is 0 Å². The van der Waals surface area contributed by atoms with E-state index in [1.807, 2.05) is 0 Å².